The Bertz CT molecular complexity index is 184. The summed E-state index contributed by atoms with van der Waals surface area (Å²) in [6, 6.07) is 0. The number of hydrogen-bond acceptors (Lipinski definition) is 2. The fourth-order valence-corrected chi connectivity index (χ4v) is 1.95. The van der Waals surface area contributed by atoms with Crippen molar-refractivity contribution in [1.82, 2.24) is 4.90 Å². The van der Waals surface area contributed by atoms with E-state index in [2.05, 4.69) is 15.9 Å². The van der Waals surface area contributed by atoms with Crippen LogP contribution in [-0.4, -0.2) is 42.4 Å². The van der Waals surface area contributed by atoms with E-state index in [9.17, 15) is 4.79 Å². The van der Waals surface area contributed by atoms with E-state index in [-0.39, 0.29) is 10.7 Å². The van der Waals surface area contributed by atoms with Crippen molar-refractivity contribution < 1.29 is 9.53 Å². The number of likely N-dealkylation sites (tertiary alicyclic amines) is 1. The molecular weight excluding hydrogens is 234 g/mol. The number of carbonyl (C=O) groups excluding carboxylic acids is 1. The fraction of sp³-hybridized carbons (Fsp3) is 0.889. The molecule has 0 saturated carbocycles. The molecule has 3 nitrogen and oxygen atoms in total. The maximum absolute atomic E-state index is 11.5. The summed E-state index contributed by atoms with van der Waals surface area (Å²) in [6.45, 7) is 4.36. The highest BCUT2D eigenvalue weighted by Crippen LogP contribution is 2.18. The van der Waals surface area contributed by atoms with Crippen molar-refractivity contribution in [3.05, 3.63) is 0 Å². The van der Waals surface area contributed by atoms with Gasteiger partial charge in [-0.3, -0.25) is 4.79 Å². The quantitative estimate of drug-likeness (QED) is 0.706. The third-order valence-corrected chi connectivity index (χ3v) is 2.73. The van der Waals surface area contributed by atoms with Crippen molar-refractivity contribution in [3.63, 3.8) is 0 Å². The van der Waals surface area contributed by atoms with Crippen LogP contribution in [0.25, 0.3) is 0 Å². The first-order chi connectivity index (χ1) is 6.15. The Hall–Kier alpha value is -0.0900. The third kappa shape index (κ3) is 2.95. The van der Waals surface area contributed by atoms with Gasteiger partial charge in [0.1, 0.15) is 0 Å². The van der Waals surface area contributed by atoms with Gasteiger partial charge >= 0.3 is 0 Å². The minimum absolute atomic E-state index is 0.0613. The normalized spacial score (nSPS) is 24.8. The van der Waals surface area contributed by atoms with Crippen molar-refractivity contribution in [2.24, 2.45) is 5.92 Å². The summed E-state index contributed by atoms with van der Waals surface area (Å²) in [6.07, 6.45) is 1.07. The summed E-state index contributed by atoms with van der Waals surface area (Å²) in [5.41, 5.74) is 0. The second-order valence-electron chi connectivity index (χ2n) is 3.51. The molecule has 1 rings (SSSR count). The highest BCUT2D eigenvalue weighted by molar-refractivity contribution is 9.10. The molecule has 1 amide bonds. The SMILES string of the molecule is COCC1CCN(C(=O)C(C)Br)C1. The van der Waals surface area contributed by atoms with E-state index >= 15 is 0 Å². The zero-order valence-electron chi connectivity index (χ0n) is 8.12. The predicted molar refractivity (Wildman–Crippen MR) is 55.0 cm³/mol. The van der Waals surface area contributed by atoms with Crippen LogP contribution in [0.5, 0.6) is 0 Å². The van der Waals surface area contributed by atoms with E-state index < -0.39 is 0 Å². The number of nitrogens with zero attached hydrogens (tertiary/aromatic N) is 1. The van der Waals surface area contributed by atoms with E-state index in [0.29, 0.717) is 5.92 Å². The summed E-state index contributed by atoms with van der Waals surface area (Å²) < 4.78 is 5.06. The second-order valence-corrected chi connectivity index (χ2v) is 4.88. The van der Waals surface area contributed by atoms with E-state index in [0.717, 1.165) is 26.1 Å². The van der Waals surface area contributed by atoms with Gasteiger partial charge in [-0.15, -0.1) is 0 Å². The lowest BCUT2D eigenvalue weighted by Gasteiger charge is -2.17. The standard InChI is InChI=1S/C9H16BrNO2/c1-7(10)9(12)11-4-3-8(5-11)6-13-2/h7-8H,3-6H2,1-2H3. The van der Waals surface area contributed by atoms with Crippen LogP contribution in [-0.2, 0) is 9.53 Å². The van der Waals surface area contributed by atoms with Crippen LogP contribution in [0.1, 0.15) is 13.3 Å². The molecule has 0 aromatic carbocycles. The average Bonchev–Trinajstić information content (AvgIpc) is 2.52. The molecule has 4 heteroatoms. The molecule has 13 heavy (non-hydrogen) atoms. The summed E-state index contributed by atoms with van der Waals surface area (Å²) in [5.74, 6) is 0.721. The molecule has 1 aliphatic rings. The van der Waals surface area contributed by atoms with Crippen LogP contribution >= 0.6 is 15.9 Å². The molecule has 0 aromatic rings. The molecule has 2 unspecified atom stereocenters. The smallest absolute Gasteiger partial charge is 0.236 e. The molecule has 1 aliphatic heterocycles. The number of rotatable bonds is 3. The molecule has 1 saturated heterocycles. The highest BCUT2D eigenvalue weighted by atomic mass is 79.9. The Labute approximate surface area is 87.6 Å². The van der Waals surface area contributed by atoms with Crippen LogP contribution in [0.2, 0.25) is 0 Å². The first-order valence-electron chi connectivity index (χ1n) is 4.57. The van der Waals surface area contributed by atoms with Crippen LogP contribution in [0, 0.1) is 5.92 Å². The maximum atomic E-state index is 11.5. The molecule has 2 atom stereocenters. The molecule has 76 valence electrons. The topological polar surface area (TPSA) is 29.5 Å². The monoisotopic (exact) mass is 249 g/mol. The van der Waals surface area contributed by atoms with Crippen molar-refractivity contribution in [3.8, 4) is 0 Å². The Morgan fingerprint density at radius 2 is 2.46 bits per heavy atom. The van der Waals surface area contributed by atoms with Gasteiger partial charge in [0.15, 0.2) is 0 Å². The first-order valence-corrected chi connectivity index (χ1v) is 5.48. The van der Waals surface area contributed by atoms with E-state index in [4.69, 9.17) is 4.74 Å². The number of hydrogen-bond donors (Lipinski definition) is 0. The van der Waals surface area contributed by atoms with Gasteiger partial charge in [-0.1, -0.05) is 15.9 Å². The number of carbonyl (C=O) groups is 1. The van der Waals surface area contributed by atoms with Crippen LogP contribution < -0.4 is 0 Å². The van der Waals surface area contributed by atoms with Crippen LogP contribution in [0.15, 0.2) is 0 Å². The highest BCUT2D eigenvalue weighted by Gasteiger charge is 2.27. The van der Waals surface area contributed by atoms with Crippen molar-refractivity contribution in [2.75, 3.05) is 26.8 Å². The maximum Gasteiger partial charge on any atom is 0.236 e. The first kappa shape index (κ1) is 11.0. The Morgan fingerprint density at radius 3 is 3.00 bits per heavy atom. The van der Waals surface area contributed by atoms with Crippen molar-refractivity contribution in [2.45, 2.75) is 18.2 Å². The van der Waals surface area contributed by atoms with Gasteiger partial charge in [-0.25, -0.2) is 0 Å². The predicted octanol–water partition coefficient (Wildman–Crippen LogP) is 1.26. The van der Waals surface area contributed by atoms with Crippen molar-refractivity contribution in [1.29, 1.82) is 0 Å². The molecule has 0 aliphatic carbocycles. The van der Waals surface area contributed by atoms with Gasteiger partial charge in [-0.2, -0.15) is 0 Å². The number of alkyl halides is 1. The lowest BCUT2D eigenvalue weighted by atomic mass is 10.1. The van der Waals surface area contributed by atoms with Gasteiger partial charge in [0.05, 0.1) is 11.4 Å². The zero-order chi connectivity index (χ0) is 9.84. The fourth-order valence-electron chi connectivity index (χ4n) is 1.66. The lowest BCUT2D eigenvalue weighted by Crippen LogP contribution is -2.33. The number of methoxy groups -OCH3 is 1. The minimum atomic E-state index is -0.0613. The molecular formula is C9H16BrNO2. The Morgan fingerprint density at radius 1 is 1.77 bits per heavy atom. The molecule has 0 bridgehead atoms. The van der Waals surface area contributed by atoms with Crippen molar-refractivity contribution >= 4 is 21.8 Å². The molecule has 1 heterocycles. The molecule has 0 radical (unpaired) electrons. The molecule has 0 aromatic heterocycles. The largest absolute Gasteiger partial charge is 0.384 e. The zero-order valence-corrected chi connectivity index (χ0v) is 9.71. The second kappa shape index (κ2) is 4.96. The van der Waals surface area contributed by atoms with Gasteiger partial charge < -0.3 is 9.64 Å². The summed E-state index contributed by atoms with van der Waals surface area (Å²) >= 11 is 3.29. The number of amides is 1. The molecule has 0 spiro atoms. The molecule has 0 N–H and O–H groups in total. The van der Waals surface area contributed by atoms with Gasteiger partial charge in [0.25, 0.3) is 0 Å². The average molecular weight is 250 g/mol. The summed E-state index contributed by atoms with van der Waals surface area (Å²) in [4.78, 5) is 13.4. The Balaban J connectivity index is 2.36. The minimum Gasteiger partial charge on any atom is -0.384 e. The number of halogens is 1. The van der Waals surface area contributed by atoms with Crippen LogP contribution in [0.3, 0.4) is 0 Å². The van der Waals surface area contributed by atoms with Crippen LogP contribution in [0.4, 0.5) is 0 Å². The van der Waals surface area contributed by atoms with Gasteiger partial charge in [0.2, 0.25) is 5.91 Å². The van der Waals surface area contributed by atoms with E-state index in [1.807, 2.05) is 11.8 Å². The summed E-state index contributed by atoms with van der Waals surface area (Å²) in [7, 11) is 1.71. The van der Waals surface area contributed by atoms with Gasteiger partial charge in [-0.05, 0) is 13.3 Å². The molecule has 1 fully saturated rings. The lowest BCUT2D eigenvalue weighted by molar-refractivity contribution is -0.129. The number of ether oxygens (including phenoxy) is 1. The van der Waals surface area contributed by atoms with Gasteiger partial charge in [0, 0.05) is 26.1 Å². The summed E-state index contributed by atoms with van der Waals surface area (Å²) in [5, 5.41) is 0. The Kier molecular flexibility index (Phi) is 4.19. The third-order valence-electron chi connectivity index (χ3n) is 2.34. The van der Waals surface area contributed by atoms with E-state index in [1.165, 1.54) is 0 Å². The van der Waals surface area contributed by atoms with E-state index in [1.54, 1.807) is 7.11 Å².